The fourth-order valence-corrected chi connectivity index (χ4v) is 2.40. The van der Waals surface area contributed by atoms with E-state index in [1.807, 2.05) is 0 Å². The molecular weight excluding hydrogens is 244 g/mol. The van der Waals surface area contributed by atoms with E-state index in [-0.39, 0.29) is 13.1 Å². The molecule has 88 valence electrons. The molecule has 17 heavy (non-hydrogen) atoms. The van der Waals surface area contributed by atoms with Crippen molar-refractivity contribution in [2.75, 3.05) is 13.1 Å². The van der Waals surface area contributed by atoms with Gasteiger partial charge in [0.15, 0.2) is 0 Å². The van der Waals surface area contributed by atoms with E-state index in [1.54, 1.807) is 18.3 Å². The predicted octanol–water partition coefficient (Wildman–Crippen LogP) is 1.40. The van der Waals surface area contributed by atoms with Gasteiger partial charge in [0.05, 0.1) is 30.1 Å². The van der Waals surface area contributed by atoms with Crippen molar-refractivity contribution in [1.29, 1.82) is 0 Å². The molecule has 1 saturated heterocycles. The second kappa shape index (κ2) is 3.41. The van der Waals surface area contributed by atoms with Gasteiger partial charge in [0, 0.05) is 16.0 Å². The maximum Gasteiger partial charge on any atom is 0.130 e. The molecule has 0 unspecified atom stereocenters. The molecule has 2 N–H and O–H groups in total. The van der Waals surface area contributed by atoms with Crippen molar-refractivity contribution in [2.45, 2.75) is 5.60 Å². The number of benzene rings is 1. The van der Waals surface area contributed by atoms with Crippen LogP contribution in [0.3, 0.4) is 0 Å². The van der Waals surface area contributed by atoms with Crippen LogP contribution in [0.25, 0.3) is 10.9 Å². The Hall–Kier alpha value is -1.66. The Morgan fingerprint density at radius 2 is 2.29 bits per heavy atom. The van der Waals surface area contributed by atoms with Crippen molar-refractivity contribution in [3.8, 4) is 0 Å². The summed E-state index contributed by atoms with van der Waals surface area (Å²) >= 11 is 5.99. The van der Waals surface area contributed by atoms with Crippen LogP contribution >= 0.6 is 11.6 Å². The highest BCUT2D eigenvalue weighted by molar-refractivity contribution is 6.31. The molecule has 1 aliphatic heterocycles. The van der Waals surface area contributed by atoms with Crippen LogP contribution in [-0.2, 0) is 5.60 Å². The highest BCUT2D eigenvalue weighted by Crippen LogP contribution is 2.37. The van der Waals surface area contributed by atoms with Gasteiger partial charge in [0.1, 0.15) is 5.60 Å². The first-order valence-electron chi connectivity index (χ1n) is 5.06. The number of β-amino-alcohol motifs (C(OH)–C–C–N with tert-alkyl or cyclic N) is 1. The van der Waals surface area contributed by atoms with Gasteiger partial charge in [-0.05, 0) is 12.1 Å². The average Bonchev–Trinajstić information content (AvgIpc) is 2.71. The number of hydrogen-bond acceptors (Lipinski definition) is 4. The number of fused-ring (bicyclic) bond motifs is 1. The van der Waals surface area contributed by atoms with Crippen LogP contribution in [0.5, 0.6) is 0 Å². The van der Waals surface area contributed by atoms with Gasteiger partial charge < -0.3 is 5.11 Å². The first-order chi connectivity index (χ1) is 8.12. The van der Waals surface area contributed by atoms with Gasteiger partial charge in [-0.2, -0.15) is 5.10 Å². The molecule has 7 heteroatoms. The van der Waals surface area contributed by atoms with Crippen LogP contribution < -0.4 is 0 Å². The molecule has 0 aliphatic carbocycles. The first kappa shape index (κ1) is 10.5. The number of nitrogens with one attached hydrogen (secondary N) is 1. The molecule has 1 aromatic carbocycles. The highest BCUT2D eigenvalue weighted by atomic mass is 35.5. The van der Waals surface area contributed by atoms with Crippen molar-refractivity contribution in [1.82, 2.24) is 15.2 Å². The van der Waals surface area contributed by atoms with E-state index in [0.717, 1.165) is 10.9 Å². The van der Waals surface area contributed by atoms with Crippen LogP contribution in [0.2, 0.25) is 5.02 Å². The Bertz CT molecular complexity index is 591. The molecule has 0 atom stereocenters. The zero-order chi connectivity index (χ0) is 12.0. The summed E-state index contributed by atoms with van der Waals surface area (Å²) in [7, 11) is 0. The molecule has 0 radical (unpaired) electrons. The minimum absolute atomic E-state index is 0.172. The van der Waals surface area contributed by atoms with Crippen LogP contribution in [0, 0.1) is 4.91 Å². The average molecular weight is 253 g/mol. The number of aromatic amines is 1. The summed E-state index contributed by atoms with van der Waals surface area (Å²) in [6, 6.07) is 3.45. The molecule has 0 amide bonds. The molecule has 0 saturated carbocycles. The second-order valence-electron chi connectivity index (χ2n) is 4.22. The third-order valence-corrected chi connectivity index (χ3v) is 3.24. The molecule has 1 aromatic heterocycles. The Labute approximate surface area is 101 Å². The molecule has 2 heterocycles. The van der Waals surface area contributed by atoms with Crippen molar-refractivity contribution in [3.63, 3.8) is 0 Å². The van der Waals surface area contributed by atoms with E-state index < -0.39 is 5.60 Å². The number of hydrogen-bond donors (Lipinski definition) is 2. The van der Waals surface area contributed by atoms with E-state index in [2.05, 4.69) is 15.5 Å². The van der Waals surface area contributed by atoms with Gasteiger partial charge in [0.2, 0.25) is 0 Å². The molecular formula is C10H9ClN4O2. The van der Waals surface area contributed by atoms with E-state index in [1.165, 1.54) is 5.01 Å². The quantitative estimate of drug-likeness (QED) is 0.792. The number of nitroso groups, excluding NO2 is 1. The van der Waals surface area contributed by atoms with E-state index in [0.29, 0.717) is 10.6 Å². The van der Waals surface area contributed by atoms with Gasteiger partial charge >= 0.3 is 0 Å². The SMILES string of the molecule is O=NN1CC(O)(c2cc(Cl)cc3cn[nH]c23)C1. The van der Waals surface area contributed by atoms with Gasteiger partial charge in [-0.1, -0.05) is 11.6 Å². The molecule has 3 rings (SSSR count). The number of aromatic nitrogens is 2. The fourth-order valence-electron chi connectivity index (χ4n) is 2.17. The third kappa shape index (κ3) is 1.49. The topological polar surface area (TPSA) is 81.6 Å². The summed E-state index contributed by atoms with van der Waals surface area (Å²) < 4.78 is 0. The molecule has 1 fully saturated rings. The van der Waals surface area contributed by atoms with Gasteiger partial charge in [-0.25, -0.2) is 0 Å². The summed E-state index contributed by atoms with van der Waals surface area (Å²) in [5.74, 6) is 0. The minimum atomic E-state index is -1.09. The number of halogens is 1. The molecule has 0 spiro atoms. The van der Waals surface area contributed by atoms with Crippen LogP contribution in [0.15, 0.2) is 23.6 Å². The lowest BCUT2D eigenvalue weighted by molar-refractivity contribution is -0.103. The Kier molecular flexibility index (Phi) is 2.11. The lowest BCUT2D eigenvalue weighted by Crippen LogP contribution is -2.56. The lowest BCUT2D eigenvalue weighted by Gasteiger charge is -2.43. The Morgan fingerprint density at radius 1 is 1.53 bits per heavy atom. The van der Waals surface area contributed by atoms with Gasteiger partial charge in [-0.15, -0.1) is 4.91 Å². The monoisotopic (exact) mass is 252 g/mol. The fraction of sp³-hybridized carbons (Fsp3) is 0.300. The number of nitrogens with zero attached hydrogens (tertiary/aromatic N) is 3. The van der Waals surface area contributed by atoms with Crippen LogP contribution in [0.4, 0.5) is 0 Å². The zero-order valence-corrected chi connectivity index (χ0v) is 9.48. The Balaban J connectivity index is 2.11. The minimum Gasteiger partial charge on any atom is -0.381 e. The molecule has 0 bridgehead atoms. The smallest absolute Gasteiger partial charge is 0.130 e. The van der Waals surface area contributed by atoms with E-state index in [9.17, 15) is 10.0 Å². The van der Waals surface area contributed by atoms with Crippen molar-refractivity contribution < 1.29 is 5.11 Å². The summed E-state index contributed by atoms with van der Waals surface area (Å²) in [5, 5.41) is 22.5. The second-order valence-corrected chi connectivity index (χ2v) is 4.66. The molecule has 2 aromatic rings. The van der Waals surface area contributed by atoms with E-state index in [4.69, 9.17) is 11.6 Å². The zero-order valence-electron chi connectivity index (χ0n) is 8.72. The molecule has 1 aliphatic rings. The number of rotatable bonds is 2. The van der Waals surface area contributed by atoms with Crippen LogP contribution in [0.1, 0.15) is 5.56 Å². The molecule has 6 nitrogen and oxygen atoms in total. The summed E-state index contributed by atoms with van der Waals surface area (Å²) in [4.78, 5) is 10.3. The predicted molar refractivity (Wildman–Crippen MR) is 62.4 cm³/mol. The number of H-pyrrole nitrogens is 1. The lowest BCUT2D eigenvalue weighted by atomic mass is 9.86. The maximum atomic E-state index is 10.4. The van der Waals surface area contributed by atoms with Gasteiger partial charge in [0.25, 0.3) is 0 Å². The summed E-state index contributed by atoms with van der Waals surface area (Å²) in [5.41, 5.74) is 0.295. The summed E-state index contributed by atoms with van der Waals surface area (Å²) in [6.07, 6.45) is 1.64. The maximum absolute atomic E-state index is 10.4. The third-order valence-electron chi connectivity index (χ3n) is 3.02. The van der Waals surface area contributed by atoms with E-state index >= 15 is 0 Å². The van der Waals surface area contributed by atoms with Gasteiger partial charge in [-0.3, -0.25) is 10.1 Å². The van der Waals surface area contributed by atoms with Crippen molar-refractivity contribution in [2.24, 2.45) is 5.29 Å². The standard InChI is InChI=1S/C10H9ClN4O2/c11-7-1-6-3-12-13-9(6)8(2-7)10(16)4-15(5-10)14-17/h1-3,16H,4-5H2,(H,12,13). The Morgan fingerprint density at radius 3 is 3.00 bits per heavy atom. The first-order valence-corrected chi connectivity index (χ1v) is 5.44. The van der Waals surface area contributed by atoms with Crippen molar-refractivity contribution in [3.05, 3.63) is 33.8 Å². The van der Waals surface area contributed by atoms with Crippen molar-refractivity contribution >= 4 is 22.5 Å². The normalized spacial score (nSPS) is 18.1. The highest BCUT2D eigenvalue weighted by Gasteiger charge is 2.45. The largest absolute Gasteiger partial charge is 0.381 e. The van der Waals surface area contributed by atoms with Crippen LogP contribution in [-0.4, -0.2) is 33.4 Å². The number of aliphatic hydroxyl groups is 1. The summed E-state index contributed by atoms with van der Waals surface area (Å²) in [6.45, 7) is 0.343.